The van der Waals surface area contributed by atoms with Crippen LogP contribution >= 0.6 is 23.5 Å². The van der Waals surface area contributed by atoms with Gasteiger partial charge in [-0.05, 0) is 5.41 Å². The van der Waals surface area contributed by atoms with Crippen molar-refractivity contribution in [3.63, 3.8) is 0 Å². The van der Waals surface area contributed by atoms with Crippen molar-refractivity contribution in [3.8, 4) is 0 Å². The van der Waals surface area contributed by atoms with Crippen LogP contribution in [0.4, 0.5) is 0 Å². The van der Waals surface area contributed by atoms with Gasteiger partial charge in [-0.1, -0.05) is 20.8 Å². The molecule has 1 aliphatic heterocycles. The van der Waals surface area contributed by atoms with Gasteiger partial charge >= 0.3 is 0 Å². The monoisotopic (exact) mass is 190 g/mol. The Morgan fingerprint density at radius 2 is 1.73 bits per heavy atom. The van der Waals surface area contributed by atoms with E-state index in [1.165, 1.54) is 0 Å². The van der Waals surface area contributed by atoms with E-state index in [2.05, 4.69) is 20.8 Å². The zero-order valence-corrected chi connectivity index (χ0v) is 8.85. The number of thioether (sulfide) groups is 2. The van der Waals surface area contributed by atoms with Gasteiger partial charge in [-0.25, -0.2) is 0 Å². The van der Waals surface area contributed by atoms with E-state index in [-0.39, 0.29) is 0 Å². The van der Waals surface area contributed by atoms with Crippen LogP contribution in [-0.2, 0) is 4.79 Å². The van der Waals surface area contributed by atoms with Crippen LogP contribution in [0.2, 0.25) is 0 Å². The number of ketones is 1. The molecule has 0 saturated carbocycles. The maximum atomic E-state index is 10.9. The third-order valence-corrected chi connectivity index (χ3v) is 5.31. The molecule has 1 rings (SSSR count). The molecule has 0 aromatic carbocycles. The Morgan fingerprint density at radius 1 is 1.27 bits per heavy atom. The van der Waals surface area contributed by atoms with Crippen LogP contribution < -0.4 is 0 Å². The van der Waals surface area contributed by atoms with Crippen molar-refractivity contribution in [2.75, 3.05) is 11.5 Å². The smallest absolute Gasteiger partial charge is 0.152 e. The van der Waals surface area contributed by atoms with E-state index in [0.29, 0.717) is 15.8 Å². The van der Waals surface area contributed by atoms with Gasteiger partial charge in [-0.15, -0.1) is 23.5 Å². The lowest BCUT2D eigenvalue weighted by Crippen LogP contribution is -2.27. The molecule has 11 heavy (non-hydrogen) atoms. The largest absolute Gasteiger partial charge is 0.298 e. The van der Waals surface area contributed by atoms with Gasteiger partial charge in [-0.3, -0.25) is 4.79 Å². The summed E-state index contributed by atoms with van der Waals surface area (Å²) in [5, 5.41) is 0. The van der Waals surface area contributed by atoms with Crippen LogP contribution in [0.5, 0.6) is 0 Å². The molecule has 1 saturated heterocycles. The fourth-order valence-corrected chi connectivity index (χ4v) is 3.73. The van der Waals surface area contributed by atoms with Gasteiger partial charge < -0.3 is 0 Å². The van der Waals surface area contributed by atoms with Crippen LogP contribution in [0.25, 0.3) is 0 Å². The van der Waals surface area contributed by atoms with Crippen molar-refractivity contribution in [2.24, 2.45) is 5.41 Å². The highest BCUT2D eigenvalue weighted by Crippen LogP contribution is 2.41. The topological polar surface area (TPSA) is 17.1 Å². The highest BCUT2D eigenvalue weighted by Gasteiger charge is 2.29. The molecule has 0 unspecified atom stereocenters. The van der Waals surface area contributed by atoms with E-state index in [1.54, 1.807) is 23.5 Å². The first-order valence-electron chi connectivity index (χ1n) is 3.75. The van der Waals surface area contributed by atoms with Crippen molar-refractivity contribution in [3.05, 3.63) is 0 Å². The van der Waals surface area contributed by atoms with Gasteiger partial charge in [0.25, 0.3) is 0 Å². The predicted molar refractivity (Wildman–Crippen MR) is 53.2 cm³/mol. The van der Waals surface area contributed by atoms with Gasteiger partial charge in [0.05, 0.1) is 16.1 Å². The second-order valence-corrected chi connectivity index (χ2v) is 6.34. The summed E-state index contributed by atoms with van der Waals surface area (Å²) in [6.45, 7) is 6.69. The number of hydrogen-bond acceptors (Lipinski definition) is 3. The highest BCUT2D eigenvalue weighted by molar-refractivity contribution is 8.18. The number of carbonyl (C=O) groups excluding carboxylic acids is 1. The van der Waals surface area contributed by atoms with Gasteiger partial charge in [0.1, 0.15) is 0 Å². The lowest BCUT2D eigenvalue weighted by atomic mass is 10.0. The average molecular weight is 190 g/mol. The molecule has 0 aliphatic carbocycles. The second kappa shape index (κ2) is 3.40. The second-order valence-electron chi connectivity index (χ2n) is 3.86. The molecule has 64 valence electrons. The zero-order chi connectivity index (χ0) is 8.48. The van der Waals surface area contributed by atoms with E-state index >= 15 is 0 Å². The van der Waals surface area contributed by atoms with E-state index in [0.717, 1.165) is 11.5 Å². The molecule has 0 bridgehead atoms. The third kappa shape index (κ3) is 2.71. The Kier molecular flexibility index (Phi) is 2.92. The predicted octanol–water partition coefficient (Wildman–Crippen LogP) is 2.41. The molecule has 1 aliphatic rings. The molecule has 1 heterocycles. The molecule has 1 nitrogen and oxygen atoms in total. The standard InChI is InChI=1S/C8H14OS2/c1-8(2,3)7-10-4-6(9)5-11-7/h7H,4-5H2,1-3H3. The normalized spacial score (nSPS) is 22.3. The summed E-state index contributed by atoms with van der Waals surface area (Å²) in [6, 6.07) is 0. The van der Waals surface area contributed by atoms with Crippen molar-refractivity contribution in [1.82, 2.24) is 0 Å². The quantitative estimate of drug-likeness (QED) is 0.584. The van der Waals surface area contributed by atoms with Crippen LogP contribution in [0, 0.1) is 5.41 Å². The average Bonchev–Trinajstić information content (AvgIpc) is 1.86. The lowest BCUT2D eigenvalue weighted by molar-refractivity contribution is -0.114. The fraction of sp³-hybridized carbons (Fsp3) is 0.875. The number of hydrogen-bond donors (Lipinski definition) is 0. The van der Waals surface area contributed by atoms with Gasteiger partial charge in [0, 0.05) is 0 Å². The van der Waals surface area contributed by atoms with Crippen molar-refractivity contribution >= 4 is 29.3 Å². The Hall–Kier alpha value is 0.370. The minimum absolute atomic E-state index is 0.329. The molecule has 0 atom stereocenters. The molecule has 0 amide bonds. The lowest BCUT2D eigenvalue weighted by Gasteiger charge is -2.31. The van der Waals surface area contributed by atoms with Crippen LogP contribution in [0.15, 0.2) is 0 Å². The molecule has 0 radical (unpaired) electrons. The Morgan fingerprint density at radius 3 is 2.09 bits per heavy atom. The van der Waals surface area contributed by atoms with Crippen molar-refractivity contribution in [2.45, 2.75) is 25.4 Å². The third-order valence-electron chi connectivity index (χ3n) is 1.50. The first-order valence-corrected chi connectivity index (χ1v) is 5.85. The summed E-state index contributed by atoms with van der Waals surface area (Å²) in [4.78, 5) is 10.9. The van der Waals surface area contributed by atoms with Crippen LogP contribution in [0.3, 0.4) is 0 Å². The number of Topliss-reactive ketones (excluding diaryl/α,β-unsaturated/α-hetero) is 1. The van der Waals surface area contributed by atoms with E-state index in [4.69, 9.17) is 0 Å². The Labute approximate surface area is 76.7 Å². The van der Waals surface area contributed by atoms with Gasteiger partial charge in [0.2, 0.25) is 0 Å². The molecular formula is C8H14OS2. The summed E-state index contributed by atoms with van der Waals surface area (Å²) in [5.74, 6) is 1.82. The Bertz CT molecular complexity index is 150. The molecule has 0 spiro atoms. The Balaban J connectivity index is 2.45. The first-order chi connectivity index (χ1) is 5.00. The summed E-state index contributed by atoms with van der Waals surface area (Å²) in [6.07, 6.45) is 0. The molecule has 0 aromatic rings. The molecule has 3 heteroatoms. The number of rotatable bonds is 0. The summed E-state index contributed by atoms with van der Waals surface area (Å²) in [7, 11) is 0. The van der Waals surface area contributed by atoms with Crippen molar-refractivity contribution < 1.29 is 4.79 Å². The summed E-state index contributed by atoms with van der Waals surface area (Å²) >= 11 is 3.58. The van der Waals surface area contributed by atoms with Crippen molar-refractivity contribution in [1.29, 1.82) is 0 Å². The molecule has 0 aromatic heterocycles. The van der Waals surface area contributed by atoms with Gasteiger partial charge in [-0.2, -0.15) is 0 Å². The molecule has 0 N–H and O–H groups in total. The highest BCUT2D eigenvalue weighted by atomic mass is 32.2. The SMILES string of the molecule is CC(C)(C)C1SCC(=O)CS1. The van der Waals surface area contributed by atoms with E-state index < -0.39 is 0 Å². The van der Waals surface area contributed by atoms with E-state index in [9.17, 15) is 4.79 Å². The molecular weight excluding hydrogens is 176 g/mol. The maximum Gasteiger partial charge on any atom is 0.152 e. The van der Waals surface area contributed by atoms with Crippen LogP contribution in [0.1, 0.15) is 20.8 Å². The number of carbonyl (C=O) groups is 1. The first kappa shape index (κ1) is 9.46. The summed E-state index contributed by atoms with van der Waals surface area (Å²) in [5.41, 5.74) is 0.329. The zero-order valence-electron chi connectivity index (χ0n) is 7.22. The van der Waals surface area contributed by atoms with E-state index in [1.807, 2.05) is 0 Å². The minimum Gasteiger partial charge on any atom is -0.298 e. The fourth-order valence-electron chi connectivity index (χ4n) is 0.927. The minimum atomic E-state index is 0.329. The maximum absolute atomic E-state index is 10.9. The molecule has 1 fully saturated rings. The van der Waals surface area contributed by atoms with Crippen LogP contribution in [-0.4, -0.2) is 21.9 Å². The van der Waals surface area contributed by atoms with Gasteiger partial charge in [0.15, 0.2) is 5.78 Å². The summed E-state index contributed by atoms with van der Waals surface area (Å²) < 4.78 is 0.597.